The molecule has 1 aromatic carbocycles. The number of phenolic OH excluding ortho intramolecular Hbond substituents is 1. The van der Waals surface area contributed by atoms with Crippen LogP contribution < -0.4 is 0 Å². The molecule has 19 heavy (non-hydrogen) atoms. The SMILES string of the molecule is C[C@H](O)C1CCN(C(=O)c2ccc(Br)c(O)c2)CC1. The summed E-state index contributed by atoms with van der Waals surface area (Å²) in [5.41, 5.74) is 0.496. The van der Waals surface area contributed by atoms with Gasteiger partial charge in [-0.25, -0.2) is 0 Å². The van der Waals surface area contributed by atoms with Gasteiger partial charge in [-0.3, -0.25) is 4.79 Å². The molecule has 0 spiro atoms. The number of hydrogen-bond acceptors (Lipinski definition) is 3. The summed E-state index contributed by atoms with van der Waals surface area (Å²) in [5, 5.41) is 19.2. The number of phenols is 1. The number of carbonyl (C=O) groups is 1. The molecule has 0 bridgehead atoms. The number of piperidine rings is 1. The largest absolute Gasteiger partial charge is 0.507 e. The van der Waals surface area contributed by atoms with Crippen molar-refractivity contribution in [3.8, 4) is 5.75 Å². The second kappa shape index (κ2) is 5.92. The average Bonchev–Trinajstić information content (AvgIpc) is 2.41. The lowest BCUT2D eigenvalue weighted by atomic mass is 9.92. The molecule has 1 aromatic rings. The first kappa shape index (κ1) is 14.3. The van der Waals surface area contributed by atoms with E-state index in [1.54, 1.807) is 24.0 Å². The van der Waals surface area contributed by atoms with Gasteiger partial charge in [-0.2, -0.15) is 0 Å². The van der Waals surface area contributed by atoms with Crippen LogP contribution in [0.5, 0.6) is 5.75 Å². The van der Waals surface area contributed by atoms with Gasteiger partial charge in [0.25, 0.3) is 5.91 Å². The predicted octanol–water partition coefficient (Wildman–Crippen LogP) is 2.39. The molecular formula is C14H18BrNO3. The first-order chi connectivity index (χ1) is 8.99. The quantitative estimate of drug-likeness (QED) is 0.876. The summed E-state index contributed by atoms with van der Waals surface area (Å²) in [6.45, 7) is 3.12. The normalized spacial score (nSPS) is 18.4. The van der Waals surface area contributed by atoms with Crippen molar-refractivity contribution >= 4 is 21.8 Å². The van der Waals surface area contributed by atoms with Crippen molar-refractivity contribution < 1.29 is 15.0 Å². The van der Waals surface area contributed by atoms with Gasteiger partial charge < -0.3 is 15.1 Å². The zero-order valence-corrected chi connectivity index (χ0v) is 12.4. The van der Waals surface area contributed by atoms with Gasteiger partial charge in [0.1, 0.15) is 5.75 Å². The smallest absolute Gasteiger partial charge is 0.253 e. The van der Waals surface area contributed by atoms with Gasteiger partial charge in [0.15, 0.2) is 0 Å². The van der Waals surface area contributed by atoms with Crippen LogP contribution >= 0.6 is 15.9 Å². The van der Waals surface area contributed by atoms with Gasteiger partial charge in [0.05, 0.1) is 10.6 Å². The number of nitrogens with zero attached hydrogens (tertiary/aromatic N) is 1. The summed E-state index contributed by atoms with van der Waals surface area (Å²) in [6, 6.07) is 4.85. The maximum absolute atomic E-state index is 12.3. The third-order valence-corrected chi connectivity index (χ3v) is 4.37. The first-order valence-corrected chi connectivity index (χ1v) is 7.24. The van der Waals surface area contributed by atoms with Crippen molar-refractivity contribution in [3.63, 3.8) is 0 Å². The highest BCUT2D eigenvalue weighted by molar-refractivity contribution is 9.10. The molecule has 0 radical (unpaired) electrons. The molecule has 0 unspecified atom stereocenters. The number of likely N-dealkylation sites (tertiary alicyclic amines) is 1. The lowest BCUT2D eigenvalue weighted by Crippen LogP contribution is -2.40. The Hall–Kier alpha value is -1.07. The summed E-state index contributed by atoms with van der Waals surface area (Å²) < 4.78 is 0.580. The minimum Gasteiger partial charge on any atom is -0.507 e. The Bertz CT molecular complexity index is 468. The maximum atomic E-state index is 12.3. The van der Waals surface area contributed by atoms with Gasteiger partial charge in [-0.15, -0.1) is 0 Å². The van der Waals surface area contributed by atoms with E-state index in [0.717, 1.165) is 12.8 Å². The number of rotatable bonds is 2. The van der Waals surface area contributed by atoms with E-state index in [1.165, 1.54) is 6.07 Å². The molecule has 1 saturated heterocycles. The molecule has 0 saturated carbocycles. The van der Waals surface area contributed by atoms with Crippen LogP contribution in [0.2, 0.25) is 0 Å². The number of halogens is 1. The monoisotopic (exact) mass is 327 g/mol. The summed E-state index contributed by atoms with van der Waals surface area (Å²) >= 11 is 3.20. The Morgan fingerprint density at radius 1 is 1.42 bits per heavy atom. The van der Waals surface area contributed by atoms with Crippen LogP contribution in [0.4, 0.5) is 0 Å². The molecular weight excluding hydrogens is 310 g/mol. The standard InChI is InChI=1S/C14H18BrNO3/c1-9(17)10-4-6-16(7-5-10)14(19)11-2-3-12(15)13(18)8-11/h2-3,8-10,17-18H,4-7H2,1H3/t9-/m0/s1. The fourth-order valence-corrected chi connectivity index (χ4v) is 2.66. The molecule has 1 atom stereocenters. The highest BCUT2D eigenvalue weighted by atomic mass is 79.9. The minimum atomic E-state index is -0.311. The summed E-state index contributed by atoms with van der Waals surface area (Å²) in [4.78, 5) is 14.1. The van der Waals surface area contributed by atoms with Crippen LogP contribution in [-0.4, -0.2) is 40.2 Å². The molecule has 2 rings (SSSR count). The number of aliphatic hydroxyl groups excluding tert-OH is 1. The molecule has 4 nitrogen and oxygen atoms in total. The van der Waals surface area contributed by atoms with Crippen LogP contribution in [0.1, 0.15) is 30.1 Å². The van der Waals surface area contributed by atoms with Gasteiger partial charge >= 0.3 is 0 Å². The number of aliphatic hydroxyl groups is 1. The van der Waals surface area contributed by atoms with Crippen molar-refractivity contribution in [2.45, 2.75) is 25.9 Å². The third-order valence-electron chi connectivity index (χ3n) is 3.70. The minimum absolute atomic E-state index is 0.0631. The van der Waals surface area contributed by atoms with E-state index >= 15 is 0 Å². The second-order valence-corrected chi connectivity index (χ2v) is 5.89. The Labute approximate surface area is 121 Å². The number of amides is 1. The van der Waals surface area contributed by atoms with Crippen molar-refractivity contribution in [3.05, 3.63) is 28.2 Å². The van der Waals surface area contributed by atoms with E-state index in [2.05, 4.69) is 15.9 Å². The van der Waals surface area contributed by atoms with Crippen LogP contribution in [-0.2, 0) is 0 Å². The molecule has 2 N–H and O–H groups in total. The van der Waals surface area contributed by atoms with Crippen LogP contribution in [0.25, 0.3) is 0 Å². The highest BCUT2D eigenvalue weighted by Crippen LogP contribution is 2.26. The Morgan fingerprint density at radius 2 is 2.05 bits per heavy atom. The molecule has 1 heterocycles. The van der Waals surface area contributed by atoms with Crippen LogP contribution in [0, 0.1) is 5.92 Å². The molecule has 1 aliphatic rings. The third kappa shape index (κ3) is 3.28. The summed E-state index contributed by atoms with van der Waals surface area (Å²) in [7, 11) is 0. The van der Waals surface area contributed by atoms with Gasteiger partial charge in [-0.05, 0) is 59.8 Å². The summed E-state index contributed by atoms with van der Waals surface area (Å²) in [6.07, 6.45) is 1.34. The zero-order valence-electron chi connectivity index (χ0n) is 10.8. The summed E-state index contributed by atoms with van der Waals surface area (Å²) in [5.74, 6) is 0.291. The Kier molecular flexibility index (Phi) is 4.47. The molecule has 5 heteroatoms. The van der Waals surface area contributed by atoms with Crippen molar-refractivity contribution in [1.29, 1.82) is 0 Å². The molecule has 0 aliphatic carbocycles. The maximum Gasteiger partial charge on any atom is 0.253 e. The Balaban J connectivity index is 2.03. The molecule has 1 fully saturated rings. The van der Waals surface area contributed by atoms with E-state index in [1.807, 2.05) is 0 Å². The molecule has 104 valence electrons. The lowest BCUT2D eigenvalue weighted by Gasteiger charge is -2.33. The fourth-order valence-electron chi connectivity index (χ4n) is 2.41. The number of carbonyl (C=O) groups excluding carboxylic acids is 1. The van der Waals surface area contributed by atoms with Gasteiger partial charge in [-0.1, -0.05) is 0 Å². The van der Waals surface area contributed by atoms with Crippen molar-refractivity contribution in [2.24, 2.45) is 5.92 Å². The molecule has 0 aromatic heterocycles. The van der Waals surface area contributed by atoms with Crippen LogP contribution in [0.15, 0.2) is 22.7 Å². The average molecular weight is 328 g/mol. The Morgan fingerprint density at radius 3 is 2.58 bits per heavy atom. The van der Waals surface area contributed by atoms with E-state index in [4.69, 9.17) is 0 Å². The number of aromatic hydroxyl groups is 1. The predicted molar refractivity (Wildman–Crippen MR) is 76.1 cm³/mol. The topological polar surface area (TPSA) is 60.8 Å². The van der Waals surface area contributed by atoms with E-state index < -0.39 is 0 Å². The van der Waals surface area contributed by atoms with Crippen LogP contribution in [0.3, 0.4) is 0 Å². The van der Waals surface area contributed by atoms with E-state index in [9.17, 15) is 15.0 Å². The van der Waals surface area contributed by atoms with Gasteiger partial charge in [0.2, 0.25) is 0 Å². The molecule has 1 aliphatic heterocycles. The molecule has 1 amide bonds. The van der Waals surface area contributed by atoms with E-state index in [-0.39, 0.29) is 23.7 Å². The highest BCUT2D eigenvalue weighted by Gasteiger charge is 2.26. The van der Waals surface area contributed by atoms with Crippen molar-refractivity contribution in [2.75, 3.05) is 13.1 Å². The number of hydrogen-bond donors (Lipinski definition) is 2. The van der Waals surface area contributed by atoms with E-state index in [0.29, 0.717) is 23.1 Å². The van der Waals surface area contributed by atoms with Gasteiger partial charge in [0, 0.05) is 18.7 Å². The fraction of sp³-hybridized carbons (Fsp3) is 0.500. The lowest BCUT2D eigenvalue weighted by molar-refractivity contribution is 0.0521. The van der Waals surface area contributed by atoms with Crippen molar-refractivity contribution in [1.82, 2.24) is 4.90 Å². The first-order valence-electron chi connectivity index (χ1n) is 6.45. The zero-order chi connectivity index (χ0) is 14.0. The number of benzene rings is 1. The second-order valence-electron chi connectivity index (χ2n) is 5.04.